The van der Waals surface area contributed by atoms with Gasteiger partial charge in [0, 0.05) is 29.8 Å². The Balaban J connectivity index is 1.42. The second-order valence-corrected chi connectivity index (χ2v) is 13.5. The number of alkyl carbamates (subject to hydrolysis) is 1. The molecule has 0 radical (unpaired) electrons. The molecule has 10 heteroatoms. The van der Waals surface area contributed by atoms with E-state index in [1.807, 2.05) is 51.1 Å². The largest absolute Gasteiger partial charge is 0.472 e. The minimum atomic E-state index is -0.917. The molecule has 1 aromatic carbocycles. The van der Waals surface area contributed by atoms with E-state index in [4.69, 9.17) is 19.2 Å². The first-order valence-corrected chi connectivity index (χ1v) is 16.0. The van der Waals surface area contributed by atoms with Crippen molar-refractivity contribution in [3.05, 3.63) is 54.4 Å². The summed E-state index contributed by atoms with van der Waals surface area (Å²) in [5.74, 6) is -0.0601. The number of hydrogen-bond donors (Lipinski definition) is 1. The van der Waals surface area contributed by atoms with Gasteiger partial charge in [-0.15, -0.1) is 0 Å². The zero-order valence-corrected chi connectivity index (χ0v) is 26.5. The van der Waals surface area contributed by atoms with Crippen LogP contribution in [0.4, 0.5) is 4.79 Å². The fourth-order valence-electron chi connectivity index (χ4n) is 6.71. The van der Waals surface area contributed by atoms with Gasteiger partial charge in [0.1, 0.15) is 24.3 Å². The lowest BCUT2D eigenvalue weighted by Gasteiger charge is -2.34. The minimum absolute atomic E-state index is 0.137. The molecule has 10 nitrogen and oxygen atoms in total. The molecule has 2 aromatic heterocycles. The van der Waals surface area contributed by atoms with Crippen LogP contribution in [0.1, 0.15) is 64.9 Å². The van der Waals surface area contributed by atoms with E-state index >= 15 is 0 Å². The molecule has 2 amide bonds. The van der Waals surface area contributed by atoms with Gasteiger partial charge in [-0.2, -0.15) is 0 Å². The molecule has 1 aliphatic carbocycles. The van der Waals surface area contributed by atoms with Crippen LogP contribution in [0.15, 0.2) is 48.8 Å². The zero-order valence-electron chi connectivity index (χ0n) is 26.5. The summed E-state index contributed by atoms with van der Waals surface area (Å²) >= 11 is 0. The van der Waals surface area contributed by atoms with Gasteiger partial charge in [-0.3, -0.25) is 9.78 Å². The van der Waals surface area contributed by atoms with Crippen molar-refractivity contribution in [1.29, 1.82) is 0 Å². The highest BCUT2D eigenvalue weighted by Gasteiger charge is 2.47. The number of esters is 1. The van der Waals surface area contributed by atoms with E-state index in [-0.39, 0.29) is 25.0 Å². The third-order valence-corrected chi connectivity index (χ3v) is 9.21. The van der Waals surface area contributed by atoms with Crippen LogP contribution in [0, 0.1) is 11.3 Å². The Morgan fingerprint density at radius 2 is 1.80 bits per heavy atom. The minimum Gasteiger partial charge on any atom is -0.472 e. The first-order valence-electron chi connectivity index (χ1n) is 16.0. The van der Waals surface area contributed by atoms with Crippen molar-refractivity contribution in [3.63, 3.8) is 0 Å². The van der Waals surface area contributed by atoms with Crippen molar-refractivity contribution in [3.8, 4) is 17.0 Å². The smallest absolute Gasteiger partial charge is 0.408 e. The van der Waals surface area contributed by atoms with Crippen molar-refractivity contribution in [2.75, 3.05) is 13.7 Å². The van der Waals surface area contributed by atoms with Gasteiger partial charge in [0.2, 0.25) is 11.8 Å². The maximum atomic E-state index is 14.1. The molecule has 2 bridgehead atoms. The summed E-state index contributed by atoms with van der Waals surface area (Å²) in [6, 6.07) is 10.3. The molecule has 1 saturated heterocycles. The van der Waals surface area contributed by atoms with E-state index in [1.54, 1.807) is 12.4 Å². The number of ether oxygens (including phenoxy) is 3. The SMILES string of the molecule is COC(=O)[C@@H]1C[C@@H]2CN1C(=O)[C@H](C(C)(C)C)NC(=O)O[C@@H]1C[C@H]1CCCCCc1c(nc3ccccc3c1-c1ccncc1)O2. The quantitative estimate of drug-likeness (QED) is 0.378. The van der Waals surface area contributed by atoms with Gasteiger partial charge in [-0.05, 0) is 66.3 Å². The monoisotopic (exact) mass is 614 g/mol. The molecule has 3 aliphatic rings. The van der Waals surface area contributed by atoms with Gasteiger partial charge in [-0.25, -0.2) is 14.6 Å². The Morgan fingerprint density at radius 3 is 2.56 bits per heavy atom. The lowest BCUT2D eigenvalue weighted by atomic mass is 9.85. The average Bonchev–Trinajstić information content (AvgIpc) is 3.61. The molecule has 2 fully saturated rings. The number of aromatic nitrogens is 2. The van der Waals surface area contributed by atoms with Crippen LogP contribution in [0.3, 0.4) is 0 Å². The van der Waals surface area contributed by atoms with E-state index in [0.717, 1.165) is 66.1 Å². The third-order valence-electron chi connectivity index (χ3n) is 9.21. The Hall–Kier alpha value is -4.21. The van der Waals surface area contributed by atoms with Crippen molar-refractivity contribution in [2.45, 2.75) is 90.0 Å². The maximum absolute atomic E-state index is 14.1. The maximum Gasteiger partial charge on any atom is 0.408 e. The molecule has 238 valence electrons. The zero-order chi connectivity index (χ0) is 31.7. The second kappa shape index (κ2) is 12.7. The van der Waals surface area contributed by atoms with Crippen molar-refractivity contribution in [2.24, 2.45) is 11.3 Å². The van der Waals surface area contributed by atoms with Crippen LogP contribution >= 0.6 is 0 Å². The number of nitrogens with zero attached hydrogens (tertiary/aromatic N) is 3. The number of hydrogen-bond acceptors (Lipinski definition) is 8. The highest BCUT2D eigenvalue weighted by atomic mass is 16.6. The van der Waals surface area contributed by atoms with Gasteiger partial charge in [0.15, 0.2) is 0 Å². The second-order valence-electron chi connectivity index (χ2n) is 13.5. The first kappa shape index (κ1) is 30.8. The topological polar surface area (TPSA) is 120 Å². The normalized spacial score (nSPS) is 26.0. The van der Waals surface area contributed by atoms with Gasteiger partial charge >= 0.3 is 12.1 Å². The van der Waals surface area contributed by atoms with Crippen LogP contribution < -0.4 is 10.1 Å². The van der Waals surface area contributed by atoms with Gasteiger partial charge < -0.3 is 24.4 Å². The van der Waals surface area contributed by atoms with Gasteiger partial charge in [-0.1, -0.05) is 51.8 Å². The molecule has 3 aromatic rings. The number of carbonyl (C=O) groups is 3. The summed E-state index contributed by atoms with van der Waals surface area (Å²) in [4.78, 5) is 50.9. The summed E-state index contributed by atoms with van der Waals surface area (Å²) in [5, 5.41) is 3.86. The van der Waals surface area contributed by atoms with Crippen molar-refractivity contribution < 1.29 is 28.6 Å². The molecule has 45 heavy (non-hydrogen) atoms. The molecular weight excluding hydrogens is 572 g/mol. The van der Waals surface area contributed by atoms with E-state index in [0.29, 0.717) is 11.8 Å². The number of fused-ring (bicyclic) bond motifs is 5. The summed E-state index contributed by atoms with van der Waals surface area (Å²) in [6.45, 7) is 5.78. The lowest BCUT2D eigenvalue weighted by Crippen LogP contribution is -2.57. The predicted octanol–water partition coefficient (Wildman–Crippen LogP) is 5.46. The summed E-state index contributed by atoms with van der Waals surface area (Å²) in [7, 11) is 1.31. The fourth-order valence-corrected chi connectivity index (χ4v) is 6.71. The highest BCUT2D eigenvalue weighted by Crippen LogP contribution is 2.41. The van der Waals surface area contributed by atoms with Crippen LogP contribution in [-0.2, 0) is 25.5 Å². The van der Waals surface area contributed by atoms with Crippen molar-refractivity contribution >= 4 is 28.9 Å². The molecule has 2 aliphatic heterocycles. The van der Waals surface area contributed by atoms with Gasteiger partial charge in [0.25, 0.3) is 0 Å². The molecule has 0 unspecified atom stereocenters. The van der Waals surface area contributed by atoms with E-state index in [9.17, 15) is 14.4 Å². The summed E-state index contributed by atoms with van der Waals surface area (Å²) in [6.07, 6.45) is 8.09. The van der Waals surface area contributed by atoms with E-state index < -0.39 is 35.7 Å². The number of methoxy groups -OCH3 is 1. The first-order chi connectivity index (χ1) is 21.6. The Bertz CT molecular complexity index is 1570. The highest BCUT2D eigenvalue weighted by molar-refractivity contribution is 5.97. The molecule has 0 spiro atoms. The van der Waals surface area contributed by atoms with Gasteiger partial charge in [0.05, 0.1) is 19.2 Å². The third kappa shape index (κ3) is 6.60. The number of para-hydroxylation sites is 1. The number of carbonyl (C=O) groups excluding carboxylic acids is 3. The molecular formula is C35H42N4O6. The fraction of sp³-hybridized carbons (Fsp3) is 0.514. The van der Waals surface area contributed by atoms with Crippen LogP contribution in [0.25, 0.3) is 22.0 Å². The van der Waals surface area contributed by atoms with E-state index in [2.05, 4.69) is 16.4 Å². The standard InChI is InChI=1S/C35H42N4O6/c1-35(2,3)30-32(40)39-20-23(19-27(39)33(41)43-4)44-31-25(12-7-5-6-10-22-18-28(22)45-34(42)38-30)29(21-14-16-36-17-15-21)24-11-8-9-13-26(24)37-31/h8-9,11,13-17,22-23,27-28,30H,5-7,10,12,18-20H2,1-4H3,(H,38,42)/t22-,23-,27+,28-,30-/m1/s1. The summed E-state index contributed by atoms with van der Waals surface area (Å²) in [5.41, 5.74) is 3.26. The molecule has 4 heterocycles. The number of nitrogens with one attached hydrogen (secondary N) is 1. The number of rotatable bonds is 2. The van der Waals surface area contributed by atoms with Crippen molar-refractivity contribution in [1.82, 2.24) is 20.2 Å². The molecule has 1 saturated carbocycles. The Morgan fingerprint density at radius 1 is 1.02 bits per heavy atom. The van der Waals surface area contributed by atoms with Crippen LogP contribution in [0.2, 0.25) is 0 Å². The predicted molar refractivity (Wildman–Crippen MR) is 168 cm³/mol. The summed E-state index contributed by atoms with van der Waals surface area (Å²) < 4.78 is 17.5. The number of benzene rings is 1. The Labute approximate surface area is 263 Å². The molecule has 1 N–H and O–H groups in total. The number of pyridine rings is 2. The average molecular weight is 615 g/mol. The van der Waals surface area contributed by atoms with Crippen LogP contribution in [-0.4, -0.2) is 70.8 Å². The molecule has 5 atom stereocenters. The van der Waals surface area contributed by atoms with E-state index in [1.165, 1.54) is 12.0 Å². The number of amides is 2. The lowest BCUT2D eigenvalue weighted by molar-refractivity contribution is -0.152. The Kier molecular flexibility index (Phi) is 8.66. The van der Waals surface area contributed by atoms with Crippen LogP contribution in [0.5, 0.6) is 5.88 Å². The molecule has 6 rings (SSSR count).